The number of terminal acetylenes is 1. The van der Waals surface area contributed by atoms with Crippen molar-refractivity contribution in [1.82, 2.24) is 5.32 Å². The smallest absolute Gasteiger partial charge is 0.0684 e. The molecule has 0 aromatic heterocycles. The monoisotopic (exact) mass is 197 g/mol. The first-order valence-electron chi connectivity index (χ1n) is 5.62. The van der Waals surface area contributed by atoms with Gasteiger partial charge >= 0.3 is 0 Å². The Labute approximate surface area is 88.4 Å². The Morgan fingerprint density at radius 1 is 1.29 bits per heavy atom. The predicted molar refractivity (Wildman–Crippen MR) is 61.3 cm³/mol. The summed E-state index contributed by atoms with van der Waals surface area (Å²) in [5.41, 5.74) is 0. The molecule has 0 saturated carbocycles. The van der Waals surface area contributed by atoms with Crippen molar-refractivity contribution < 1.29 is 4.74 Å². The summed E-state index contributed by atoms with van der Waals surface area (Å²) >= 11 is 0. The molecule has 0 aliphatic carbocycles. The molecule has 0 radical (unpaired) electrons. The molecule has 0 aliphatic rings. The summed E-state index contributed by atoms with van der Waals surface area (Å²) in [5, 5.41) is 3.29. The zero-order valence-electron chi connectivity index (χ0n) is 9.51. The Bertz CT molecular complexity index is 151. The quantitative estimate of drug-likeness (QED) is 0.452. The first-order valence-corrected chi connectivity index (χ1v) is 5.62. The molecule has 1 atom stereocenters. The maximum atomic E-state index is 5.43. The van der Waals surface area contributed by atoms with Crippen molar-refractivity contribution in [1.29, 1.82) is 0 Å². The maximum absolute atomic E-state index is 5.43. The van der Waals surface area contributed by atoms with E-state index in [1.54, 1.807) is 0 Å². The van der Waals surface area contributed by atoms with Crippen LogP contribution < -0.4 is 5.32 Å². The summed E-state index contributed by atoms with van der Waals surface area (Å²) in [6, 6.07) is 0.227. The van der Waals surface area contributed by atoms with E-state index in [2.05, 4.69) is 25.1 Å². The zero-order chi connectivity index (χ0) is 10.6. The number of nitrogens with one attached hydrogen (secondary N) is 1. The number of rotatable bonds is 9. The van der Waals surface area contributed by atoms with Crippen LogP contribution >= 0.6 is 0 Å². The molecule has 0 aromatic rings. The number of hydrogen-bond acceptors (Lipinski definition) is 2. The normalized spacial score (nSPS) is 12.4. The average Bonchev–Trinajstić information content (AvgIpc) is 2.22. The first kappa shape index (κ1) is 13.5. The molecule has 1 unspecified atom stereocenters. The van der Waals surface area contributed by atoms with E-state index in [9.17, 15) is 0 Å². The molecule has 82 valence electrons. The van der Waals surface area contributed by atoms with Gasteiger partial charge in [0.1, 0.15) is 0 Å². The van der Waals surface area contributed by atoms with Gasteiger partial charge < -0.3 is 10.1 Å². The van der Waals surface area contributed by atoms with Gasteiger partial charge in [-0.3, -0.25) is 0 Å². The summed E-state index contributed by atoms with van der Waals surface area (Å²) in [6.07, 6.45) is 9.72. The molecule has 1 N–H and O–H groups in total. The average molecular weight is 197 g/mol. The van der Waals surface area contributed by atoms with Crippen LogP contribution in [0.15, 0.2) is 0 Å². The Morgan fingerprint density at radius 2 is 2.00 bits per heavy atom. The lowest BCUT2D eigenvalue weighted by Gasteiger charge is -2.10. The minimum Gasteiger partial charge on any atom is -0.381 e. The highest BCUT2D eigenvalue weighted by Crippen LogP contribution is 1.91. The molecule has 0 saturated heterocycles. The molecule has 14 heavy (non-hydrogen) atoms. The zero-order valence-corrected chi connectivity index (χ0v) is 9.51. The van der Waals surface area contributed by atoms with Crippen molar-refractivity contribution in [2.24, 2.45) is 0 Å². The van der Waals surface area contributed by atoms with E-state index in [0.717, 1.165) is 39.0 Å². The summed E-state index contributed by atoms with van der Waals surface area (Å²) in [4.78, 5) is 0. The van der Waals surface area contributed by atoms with Crippen LogP contribution in [0, 0.1) is 12.3 Å². The van der Waals surface area contributed by atoms with Crippen LogP contribution in [0.2, 0.25) is 0 Å². The van der Waals surface area contributed by atoms with Gasteiger partial charge in [0.15, 0.2) is 0 Å². The molecule has 2 heteroatoms. The van der Waals surface area contributed by atoms with Gasteiger partial charge in [0.05, 0.1) is 6.04 Å². The molecule has 0 amide bonds. The molecule has 0 bridgehead atoms. The molecule has 0 rings (SSSR count). The van der Waals surface area contributed by atoms with Crippen molar-refractivity contribution in [2.45, 2.75) is 45.6 Å². The second kappa shape index (κ2) is 10.6. The molecular formula is C12H23NO. The first-order chi connectivity index (χ1) is 6.85. The Morgan fingerprint density at radius 3 is 2.57 bits per heavy atom. The van der Waals surface area contributed by atoms with Crippen LogP contribution in [-0.4, -0.2) is 25.8 Å². The third-order valence-corrected chi connectivity index (χ3v) is 2.11. The fourth-order valence-corrected chi connectivity index (χ4v) is 1.12. The fourth-order valence-electron chi connectivity index (χ4n) is 1.12. The van der Waals surface area contributed by atoms with Crippen LogP contribution in [0.5, 0.6) is 0 Å². The van der Waals surface area contributed by atoms with Gasteiger partial charge in [0.2, 0.25) is 0 Å². The van der Waals surface area contributed by atoms with Crippen LogP contribution in [0.4, 0.5) is 0 Å². The van der Waals surface area contributed by atoms with Crippen molar-refractivity contribution in [3.8, 4) is 12.3 Å². The van der Waals surface area contributed by atoms with Crippen LogP contribution in [-0.2, 0) is 4.74 Å². The topological polar surface area (TPSA) is 21.3 Å². The van der Waals surface area contributed by atoms with Gasteiger partial charge in [-0.25, -0.2) is 0 Å². The highest BCUT2D eigenvalue weighted by atomic mass is 16.5. The van der Waals surface area contributed by atoms with Crippen molar-refractivity contribution in [2.75, 3.05) is 19.8 Å². The Balaban J connectivity index is 3.09. The van der Waals surface area contributed by atoms with Crippen LogP contribution in [0.3, 0.4) is 0 Å². The van der Waals surface area contributed by atoms with E-state index in [-0.39, 0.29) is 6.04 Å². The van der Waals surface area contributed by atoms with Gasteiger partial charge in [-0.2, -0.15) is 0 Å². The van der Waals surface area contributed by atoms with Crippen molar-refractivity contribution >= 4 is 0 Å². The Kier molecular flexibility index (Phi) is 10.2. The van der Waals surface area contributed by atoms with E-state index in [1.807, 2.05) is 0 Å². The number of hydrogen-bond donors (Lipinski definition) is 1. The van der Waals surface area contributed by atoms with E-state index >= 15 is 0 Å². The molecule has 0 fully saturated rings. The largest absolute Gasteiger partial charge is 0.381 e. The summed E-state index contributed by atoms with van der Waals surface area (Å²) in [5.74, 6) is 2.71. The molecule has 0 heterocycles. The highest BCUT2D eigenvalue weighted by Gasteiger charge is 1.98. The van der Waals surface area contributed by atoms with E-state index < -0.39 is 0 Å². The third kappa shape index (κ3) is 8.10. The second-order valence-corrected chi connectivity index (χ2v) is 3.40. The van der Waals surface area contributed by atoms with E-state index in [4.69, 9.17) is 11.2 Å². The molecule has 0 aliphatic heterocycles. The summed E-state index contributed by atoms with van der Waals surface area (Å²) in [6.45, 7) is 6.95. The van der Waals surface area contributed by atoms with Crippen molar-refractivity contribution in [3.05, 3.63) is 0 Å². The number of unbranched alkanes of at least 4 members (excludes halogenated alkanes) is 1. The molecular weight excluding hydrogens is 174 g/mol. The van der Waals surface area contributed by atoms with Gasteiger partial charge in [-0.15, -0.1) is 6.42 Å². The predicted octanol–water partition coefficient (Wildman–Crippen LogP) is 2.19. The van der Waals surface area contributed by atoms with Crippen molar-refractivity contribution in [3.63, 3.8) is 0 Å². The minimum atomic E-state index is 0.227. The van der Waals surface area contributed by atoms with Gasteiger partial charge in [-0.05, 0) is 25.8 Å². The summed E-state index contributed by atoms with van der Waals surface area (Å²) < 4.78 is 5.43. The minimum absolute atomic E-state index is 0.227. The lowest BCUT2D eigenvalue weighted by atomic mass is 10.2. The fraction of sp³-hybridized carbons (Fsp3) is 0.833. The highest BCUT2D eigenvalue weighted by molar-refractivity contribution is 4.97. The Hall–Kier alpha value is -0.520. The SMILES string of the molecule is C#CC(CC)NCCCOCCCC. The summed E-state index contributed by atoms with van der Waals surface area (Å²) in [7, 11) is 0. The maximum Gasteiger partial charge on any atom is 0.0684 e. The number of ether oxygens (including phenoxy) is 1. The second-order valence-electron chi connectivity index (χ2n) is 3.40. The van der Waals surface area contributed by atoms with Crippen LogP contribution in [0.1, 0.15) is 39.5 Å². The van der Waals surface area contributed by atoms with Gasteiger partial charge in [-0.1, -0.05) is 26.2 Å². The lowest BCUT2D eigenvalue weighted by molar-refractivity contribution is 0.128. The third-order valence-electron chi connectivity index (χ3n) is 2.11. The van der Waals surface area contributed by atoms with Crippen LogP contribution in [0.25, 0.3) is 0 Å². The van der Waals surface area contributed by atoms with Gasteiger partial charge in [0, 0.05) is 13.2 Å². The van der Waals surface area contributed by atoms with Gasteiger partial charge in [0.25, 0.3) is 0 Å². The standard InChI is InChI=1S/C12H23NO/c1-4-7-10-14-11-8-9-13-12(5-2)6-3/h2,12-13H,4,6-11H2,1,3H3. The van der Waals surface area contributed by atoms with E-state index in [0.29, 0.717) is 0 Å². The molecule has 0 spiro atoms. The lowest BCUT2D eigenvalue weighted by Crippen LogP contribution is -2.28. The van der Waals surface area contributed by atoms with E-state index in [1.165, 1.54) is 6.42 Å². The molecule has 0 aromatic carbocycles. The molecule has 2 nitrogen and oxygen atoms in total.